The van der Waals surface area contributed by atoms with Crippen LogP contribution in [0.1, 0.15) is 45.1 Å². The van der Waals surface area contributed by atoms with Gasteiger partial charge < -0.3 is 19.3 Å². The largest absolute Gasteiger partial charge is 0.493 e. The molecule has 5 nitrogen and oxygen atoms in total. The van der Waals surface area contributed by atoms with E-state index in [4.69, 9.17) is 21.1 Å². The van der Waals surface area contributed by atoms with E-state index in [1.165, 1.54) is 11.1 Å². The van der Waals surface area contributed by atoms with Crippen molar-refractivity contribution in [2.75, 3.05) is 37.7 Å². The first kappa shape index (κ1) is 25.9. The van der Waals surface area contributed by atoms with Crippen molar-refractivity contribution >= 4 is 23.2 Å². The first-order chi connectivity index (χ1) is 17.3. The van der Waals surface area contributed by atoms with Crippen LogP contribution in [0.2, 0.25) is 5.02 Å². The average molecular weight is 507 g/mol. The zero-order chi connectivity index (χ0) is 25.8. The molecule has 0 aliphatic carbocycles. The number of piperazine rings is 1. The molecule has 0 N–H and O–H groups in total. The van der Waals surface area contributed by atoms with Gasteiger partial charge in [0.25, 0.3) is 5.91 Å². The summed E-state index contributed by atoms with van der Waals surface area (Å²) in [6.45, 7) is 14.0. The lowest BCUT2D eigenvalue weighted by molar-refractivity contribution is 0.0746. The minimum Gasteiger partial charge on any atom is -0.493 e. The molecule has 1 fully saturated rings. The van der Waals surface area contributed by atoms with Gasteiger partial charge in [-0.05, 0) is 93.3 Å². The van der Waals surface area contributed by atoms with Gasteiger partial charge in [0.05, 0.1) is 6.61 Å². The highest BCUT2D eigenvalue weighted by Crippen LogP contribution is 2.28. The SMILES string of the molecule is CCOc1ccc(C(=O)N2CCN(c3cc(Cl)ccc3C)CC2)cc1COc1cc(C)cc(C)c1C. The molecule has 0 aromatic heterocycles. The molecule has 0 atom stereocenters. The molecule has 3 aromatic rings. The van der Waals surface area contributed by atoms with E-state index in [1.807, 2.05) is 48.2 Å². The summed E-state index contributed by atoms with van der Waals surface area (Å²) in [4.78, 5) is 17.6. The van der Waals surface area contributed by atoms with Gasteiger partial charge in [-0.1, -0.05) is 23.7 Å². The molecule has 0 spiro atoms. The van der Waals surface area contributed by atoms with Crippen molar-refractivity contribution in [1.29, 1.82) is 0 Å². The van der Waals surface area contributed by atoms with Crippen molar-refractivity contribution in [1.82, 2.24) is 4.90 Å². The number of aryl methyl sites for hydroxylation is 3. The highest BCUT2D eigenvalue weighted by molar-refractivity contribution is 6.30. The van der Waals surface area contributed by atoms with E-state index < -0.39 is 0 Å². The van der Waals surface area contributed by atoms with Gasteiger partial charge in [-0.3, -0.25) is 4.79 Å². The predicted octanol–water partition coefficient (Wildman–Crippen LogP) is 6.51. The predicted molar refractivity (Wildman–Crippen MR) is 147 cm³/mol. The van der Waals surface area contributed by atoms with Crippen LogP contribution in [0, 0.1) is 27.7 Å². The summed E-state index contributed by atoms with van der Waals surface area (Å²) < 4.78 is 12.1. The zero-order valence-corrected chi connectivity index (χ0v) is 22.6. The Balaban J connectivity index is 1.48. The Kier molecular flexibility index (Phi) is 8.10. The second-order valence-corrected chi connectivity index (χ2v) is 9.90. The summed E-state index contributed by atoms with van der Waals surface area (Å²) in [7, 11) is 0. The fraction of sp³-hybridized carbons (Fsp3) is 0.367. The number of anilines is 1. The molecule has 1 saturated heterocycles. The van der Waals surface area contributed by atoms with Gasteiger partial charge in [0.2, 0.25) is 0 Å². The summed E-state index contributed by atoms with van der Waals surface area (Å²) in [5, 5.41) is 0.731. The average Bonchev–Trinajstić information content (AvgIpc) is 2.87. The van der Waals surface area contributed by atoms with E-state index in [1.54, 1.807) is 0 Å². The number of carbonyl (C=O) groups is 1. The van der Waals surface area contributed by atoms with Gasteiger partial charge in [-0.2, -0.15) is 0 Å². The summed E-state index contributed by atoms with van der Waals surface area (Å²) in [5.41, 5.74) is 7.33. The van der Waals surface area contributed by atoms with Crippen LogP contribution in [0.3, 0.4) is 0 Å². The molecule has 1 amide bonds. The number of hydrogen-bond donors (Lipinski definition) is 0. The van der Waals surface area contributed by atoms with Crippen molar-refractivity contribution in [3.05, 3.63) is 86.9 Å². The van der Waals surface area contributed by atoms with Crippen molar-refractivity contribution in [2.45, 2.75) is 41.2 Å². The number of benzene rings is 3. The van der Waals surface area contributed by atoms with Crippen LogP contribution in [0.25, 0.3) is 0 Å². The molecule has 1 aliphatic heterocycles. The molecule has 0 unspecified atom stereocenters. The Hall–Kier alpha value is -3.18. The molecule has 3 aromatic carbocycles. The van der Waals surface area contributed by atoms with Gasteiger partial charge in [0, 0.05) is 48.0 Å². The van der Waals surface area contributed by atoms with E-state index in [-0.39, 0.29) is 5.91 Å². The number of amides is 1. The molecule has 0 bridgehead atoms. The Morgan fingerprint density at radius 1 is 0.861 bits per heavy atom. The second kappa shape index (κ2) is 11.3. The van der Waals surface area contributed by atoms with Crippen molar-refractivity contribution in [2.24, 2.45) is 0 Å². The summed E-state index contributed by atoms with van der Waals surface area (Å²) in [6.07, 6.45) is 0. The highest BCUT2D eigenvalue weighted by atomic mass is 35.5. The van der Waals surface area contributed by atoms with Crippen molar-refractivity contribution in [3.63, 3.8) is 0 Å². The standard InChI is InChI=1S/C30H35ClN2O3/c1-6-35-28-10-8-24(17-25(28)19-36-29-16-20(2)15-22(4)23(29)5)30(34)33-13-11-32(12-14-33)27-18-26(31)9-7-21(27)3/h7-10,15-18H,6,11-14,19H2,1-5H3. The third kappa shape index (κ3) is 5.79. The van der Waals surface area contributed by atoms with E-state index in [0.29, 0.717) is 31.9 Å². The quantitative estimate of drug-likeness (QED) is 0.366. The molecular formula is C30H35ClN2O3. The van der Waals surface area contributed by atoms with Gasteiger partial charge in [-0.25, -0.2) is 0 Å². The number of rotatable bonds is 7. The fourth-order valence-electron chi connectivity index (χ4n) is 4.68. The van der Waals surface area contributed by atoms with Crippen LogP contribution in [0.5, 0.6) is 11.5 Å². The molecule has 6 heteroatoms. The van der Waals surface area contributed by atoms with E-state index in [9.17, 15) is 4.79 Å². The number of carbonyl (C=O) groups excluding carboxylic acids is 1. The first-order valence-electron chi connectivity index (χ1n) is 12.5. The molecule has 190 valence electrons. The summed E-state index contributed by atoms with van der Waals surface area (Å²) >= 11 is 6.22. The lowest BCUT2D eigenvalue weighted by atomic mass is 10.1. The van der Waals surface area contributed by atoms with E-state index in [2.05, 4.69) is 44.7 Å². The van der Waals surface area contributed by atoms with Gasteiger partial charge in [-0.15, -0.1) is 0 Å². The molecule has 1 aliphatic rings. The first-order valence-corrected chi connectivity index (χ1v) is 12.9. The van der Waals surface area contributed by atoms with Gasteiger partial charge in [0.1, 0.15) is 18.1 Å². The minimum absolute atomic E-state index is 0.0318. The third-order valence-electron chi connectivity index (χ3n) is 6.83. The van der Waals surface area contributed by atoms with Gasteiger partial charge >= 0.3 is 0 Å². The normalized spacial score (nSPS) is 13.6. The smallest absolute Gasteiger partial charge is 0.253 e. The minimum atomic E-state index is 0.0318. The van der Waals surface area contributed by atoms with Crippen LogP contribution >= 0.6 is 11.6 Å². The van der Waals surface area contributed by atoms with Crippen LogP contribution in [-0.2, 0) is 6.61 Å². The number of hydrogen-bond acceptors (Lipinski definition) is 4. The lowest BCUT2D eigenvalue weighted by Crippen LogP contribution is -2.49. The van der Waals surface area contributed by atoms with Crippen molar-refractivity contribution in [3.8, 4) is 11.5 Å². The Morgan fingerprint density at radius 3 is 2.33 bits per heavy atom. The van der Waals surface area contributed by atoms with Crippen molar-refractivity contribution < 1.29 is 14.3 Å². The molecule has 1 heterocycles. The highest BCUT2D eigenvalue weighted by Gasteiger charge is 2.24. The number of halogens is 1. The second-order valence-electron chi connectivity index (χ2n) is 9.46. The van der Waals surface area contributed by atoms with Crippen LogP contribution in [0.15, 0.2) is 48.5 Å². The Labute approximate surface area is 219 Å². The van der Waals surface area contributed by atoms with Crippen LogP contribution in [-0.4, -0.2) is 43.6 Å². The molecule has 36 heavy (non-hydrogen) atoms. The van der Waals surface area contributed by atoms with E-state index >= 15 is 0 Å². The van der Waals surface area contributed by atoms with E-state index in [0.717, 1.165) is 52.0 Å². The Bertz CT molecular complexity index is 1250. The molecule has 4 rings (SSSR count). The maximum atomic E-state index is 13.4. The monoisotopic (exact) mass is 506 g/mol. The molecular weight excluding hydrogens is 472 g/mol. The maximum Gasteiger partial charge on any atom is 0.253 e. The molecule has 0 radical (unpaired) electrons. The lowest BCUT2D eigenvalue weighted by Gasteiger charge is -2.37. The number of nitrogens with zero attached hydrogens (tertiary/aromatic N) is 2. The summed E-state index contributed by atoms with van der Waals surface area (Å²) in [6, 6.07) is 15.8. The fourth-order valence-corrected chi connectivity index (χ4v) is 4.85. The summed E-state index contributed by atoms with van der Waals surface area (Å²) in [5.74, 6) is 1.64. The number of ether oxygens (including phenoxy) is 2. The topological polar surface area (TPSA) is 42.0 Å². The molecule has 0 saturated carbocycles. The van der Waals surface area contributed by atoms with Crippen LogP contribution in [0.4, 0.5) is 5.69 Å². The Morgan fingerprint density at radius 2 is 1.61 bits per heavy atom. The van der Waals surface area contributed by atoms with Crippen LogP contribution < -0.4 is 14.4 Å². The third-order valence-corrected chi connectivity index (χ3v) is 7.07. The maximum absolute atomic E-state index is 13.4. The zero-order valence-electron chi connectivity index (χ0n) is 21.9. The van der Waals surface area contributed by atoms with Gasteiger partial charge in [0.15, 0.2) is 0 Å².